The van der Waals surface area contributed by atoms with E-state index >= 15 is 0 Å². The minimum Gasteiger partial charge on any atom is -0.317 e. The lowest BCUT2D eigenvalue weighted by Gasteiger charge is -2.13. The molecule has 0 aromatic rings. The Kier molecular flexibility index (Phi) is 5.69. The van der Waals surface area contributed by atoms with Crippen molar-refractivity contribution in [2.75, 3.05) is 13.1 Å². The van der Waals surface area contributed by atoms with Crippen LogP contribution in [0.5, 0.6) is 0 Å². The number of nitrogens with one attached hydrogen (secondary N) is 1. The summed E-state index contributed by atoms with van der Waals surface area (Å²) in [6.45, 7) is 4.30. The summed E-state index contributed by atoms with van der Waals surface area (Å²) in [6, 6.07) is 0. The molecule has 1 fully saturated rings. The first-order valence-electron chi connectivity index (χ1n) is 5.56. The molecule has 0 aliphatic carbocycles. The van der Waals surface area contributed by atoms with E-state index in [-0.39, 0.29) is 0 Å². The SMILES string of the molecule is CC#CC1CCCCCCNCC1. The lowest BCUT2D eigenvalue weighted by molar-refractivity contribution is 0.462. The van der Waals surface area contributed by atoms with Gasteiger partial charge in [0.1, 0.15) is 0 Å². The maximum absolute atomic E-state index is 3.48. The third-order valence-corrected chi connectivity index (χ3v) is 2.67. The van der Waals surface area contributed by atoms with Crippen LogP contribution in [0, 0.1) is 17.8 Å². The van der Waals surface area contributed by atoms with Crippen LogP contribution in [-0.2, 0) is 0 Å². The normalized spacial score (nSPS) is 25.8. The standard InChI is InChI=1S/C12H21N/c1-2-7-12-8-5-3-4-6-10-13-11-9-12/h12-13H,3-6,8-11H2,1H3. The second-order valence-corrected chi connectivity index (χ2v) is 3.83. The molecule has 0 aromatic heterocycles. The zero-order chi connectivity index (χ0) is 9.36. The average molecular weight is 179 g/mol. The van der Waals surface area contributed by atoms with Crippen molar-refractivity contribution in [1.29, 1.82) is 0 Å². The first-order valence-corrected chi connectivity index (χ1v) is 5.56. The maximum Gasteiger partial charge on any atom is 0.0214 e. The Morgan fingerprint density at radius 3 is 2.69 bits per heavy atom. The van der Waals surface area contributed by atoms with Crippen molar-refractivity contribution >= 4 is 0 Å². The lowest BCUT2D eigenvalue weighted by Crippen LogP contribution is -2.20. The van der Waals surface area contributed by atoms with Gasteiger partial charge < -0.3 is 5.32 Å². The van der Waals surface area contributed by atoms with E-state index in [0.29, 0.717) is 5.92 Å². The van der Waals surface area contributed by atoms with E-state index in [1.54, 1.807) is 0 Å². The van der Waals surface area contributed by atoms with Crippen LogP contribution in [0.1, 0.15) is 45.4 Å². The Morgan fingerprint density at radius 2 is 1.85 bits per heavy atom. The van der Waals surface area contributed by atoms with Crippen LogP contribution < -0.4 is 5.32 Å². The van der Waals surface area contributed by atoms with E-state index in [9.17, 15) is 0 Å². The molecular weight excluding hydrogens is 158 g/mol. The number of hydrogen-bond donors (Lipinski definition) is 1. The molecule has 0 radical (unpaired) electrons. The Hall–Kier alpha value is -0.480. The van der Waals surface area contributed by atoms with Gasteiger partial charge >= 0.3 is 0 Å². The van der Waals surface area contributed by atoms with E-state index in [4.69, 9.17) is 0 Å². The van der Waals surface area contributed by atoms with Crippen molar-refractivity contribution in [2.45, 2.75) is 45.4 Å². The topological polar surface area (TPSA) is 12.0 Å². The van der Waals surface area contributed by atoms with E-state index in [2.05, 4.69) is 17.2 Å². The molecule has 1 N–H and O–H groups in total. The van der Waals surface area contributed by atoms with E-state index in [1.165, 1.54) is 45.1 Å². The van der Waals surface area contributed by atoms with Gasteiger partial charge in [0.25, 0.3) is 0 Å². The highest BCUT2D eigenvalue weighted by Gasteiger charge is 2.05. The molecule has 0 amide bonds. The highest BCUT2D eigenvalue weighted by Crippen LogP contribution is 2.14. The van der Waals surface area contributed by atoms with Gasteiger partial charge in [0, 0.05) is 5.92 Å². The molecule has 1 heterocycles. The molecule has 1 saturated heterocycles. The Morgan fingerprint density at radius 1 is 1.00 bits per heavy atom. The number of rotatable bonds is 0. The van der Waals surface area contributed by atoms with Gasteiger partial charge in [-0.05, 0) is 39.3 Å². The third-order valence-electron chi connectivity index (χ3n) is 2.67. The van der Waals surface area contributed by atoms with Gasteiger partial charge in [-0.25, -0.2) is 0 Å². The Labute approximate surface area is 82.3 Å². The summed E-state index contributed by atoms with van der Waals surface area (Å²) < 4.78 is 0. The van der Waals surface area contributed by atoms with Gasteiger partial charge in [-0.15, -0.1) is 11.8 Å². The quantitative estimate of drug-likeness (QED) is 0.564. The predicted molar refractivity (Wildman–Crippen MR) is 57.5 cm³/mol. The summed E-state index contributed by atoms with van der Waals surface area (Å²) in [6.07, 6.45) is 8.05. The zero-order valence-corrected chi connectivity index (χ0v) is 8.73. The van der Waals surface area contributed by atoms with Crippen LogP contribution in [0.4, 0.5) is 0 Å². The van der Waals surface area contributed by atoms with Crippen molar-refractivity contribution < 1.29 is 0 Å². The van der Waals surface area contributed by atoms with Gasteiger partial charge in [-0.1, -0.05) is 19.3 Å². The van der Waals surface area contributed by atoms with Crippen LogP contribution in [0.15, 0.2) is 0 Å². The smallest absolute Gasteiger partial charge is 0.0214 e. The first kappa shape index (κ1) is 10.6. The summed E-state index contributed by atoms with van der Waals surface area (Å²) in [5, 5.41) is 3.48. The molecular formula is C12H21N. The highest BCUT2D eigenvalue weighted by atomic mass is 14.8. The fourth-order valence-corrected chi connectivity index (χ4v) is 1.89. The molecule has 1 nitrogen and oxygen atoms in total. The average Bonchev–Trinajstić information content (AvgIpc) is 2.16. The van der Waals surface area contributed by atoms with Crippen molar-refractivity contribution in [3.05, 3.63) is 0 Å². The summed E-state index contributed by atoms with van der Waals surface area (Å²) in [7, 11) is 0. The minimum absolute atomic E-state index is 0.649. The minimum atomic E-state index is 0.649. The fraction of sp³-hybridized carbons (Fsp3) is 0.833. The molecule has 0 saturated carbocycles. The summed E-state index contributed by atoms with van der Waals surface area (Å²) >= 11 is 0. The van der Waals surface area contributed by atoms with Crippen LogP contribution in [-0.4, -0.2) is 13.1 Å². The zero-order valence-electron chi connectivity index (χ0n) is 8.73. The van der Waals surface area contributed by atoms with Gasteiger partial charge in [0.2, 0.25) is 0 Å². The summed E-state index contributed by atoms with van der Waals surface area (Å²) in [4.78, 5) is 0. The van der Waals surface area contributed by atoms with Gasteiger partial charge in [-0.3, -0.25) is 0 Å². The monoisotopic (exact) mass is 179 g/mol. The highest BCUT2D eigenvalue weighted by molar-refractivity contribution is 5.01. The molecule has 1 rings (SSSR count). The molecule has 74 valence electrons. The molecule has 1 heteroatoms. The van der Waals surface area contributed by atoms with Crippen LogP contribution in [0.2, 0.25) is 0 Å². The van der Waals surface area contributed by atoms with Gasteiger partial charge in [-0.2, -0.15) is 0 Å². The predicted octanol–water partition coefficient (Wildman–Crippen LogP) is 2.57. The molecule has 1 aliphatic rings. The second kappa shape index (κ2) is 6.97. The second-order valence-electron chi connectivity index (χ2n) is 3.83. The molecule has 1 unspecified atom stereocenters. The van der Waals surface area contributed by atoms with E-state index < -0.39 is 0 Å². The molecule has 1 aliphatic heterocycles. The lowest BCUT2D eigenvalue weighted by atomic mass is 9.97. The molecule has 0 bridgehead atoms. The van der Waals surface area contributed by atoms with Crippen LogP contribution in [0.3, 0.4) is 0 Å². The summed E-state index contributed by atoms with van der Waals surface area (Å²) in [5.74, 6) is 7.00. The maximum atomic E-state index is 3.48. The van der Waals surface area contributed by atoms with Crippen LogP contribution in [0.25, 0.3) is 0 Å². The first-order chi connectivity index (χ1) is 6.43. The third kappa shape index (κ3) is 4.95. The Balaban J connectivity index is 2.29. The van der Waals surface area contributed by atoms with Crippen molar-refractivity contribution in [3.8, 4) is 11.8 Å². The van der Waals surface area contributed by atoms with Crippen molar-refractivity contribution in [1.82, 2.24) is 5.32 Å². The van der Waals surface area contributed by atoms with Crippen molar-refractivity contribution in [2.24, 2.45) is 5.92 Å². The largest absolute Gasteiger partial charge is 0.317 e. The van der Waals surface area contributed by atoms with Gasteiger partial charge in [0.05, 0.1) is 0 Å². The molecule has 13 heavy (non-hydrogen) atoms. The fourth-order valence-electron chi connectivity index (χ4n) is 1.89. The van der Waals surface area contributed by atoms with Crippen molar-refractivity contribution in [3.63, 3.8) is 0 Å². The number of hydrogen-bond acceptors (Lipinski definition) is 1. The van der Waals surface area contributed by atoms with E-state index in [1.807, 2.05) is 6.92 Å². The molecule has 1 atom stereocenters. The molecule has 0 spiro atoms. The Bertz CT molecular complexity index is 165. The summed E-state index contributed by atoms with van der Waals surface area (Å²) in [5.41, 5.74) is 0. The van der Waals surface area contributed by atoms with E-state index in [0.717, 1.165) is 6.54 Å². The van der Waals surface area contributed by atoms with Gasteiger partial charge in [0.15, 0.2) is 0 Å². The molecule has 0 aromatic carbocycles. The van der Waals surface area contributed by atoms with Crippen LogP contribution >= 0.6 is 0 Å².